The molecule has 0 aromatic carbocycles. The molecule has 1 heterocycles. The Kier molecular flexibility index (Phi) is 2.17. The van der Waals surface area contributed by atoms with Crippen molar-refractivity contribution in [2.24, 2.45) is 0 Å². The molecule has 0 aromatic rings. The van der Waals surface area contributed by atoms with Gasteiger partial charge in [0.2, 0.25) is 6.41 Å². The summed E-state index contributed by atoms with van der Waals surface area (Å²) in [7, 11) is 0. The van der Waals surface area contributed by atoms with Crippen LogP contribution in [0.15, 0.2) is 0 Å². The first-order chi connectivity index (χ1) is 5.40. The molecule has 0 aromatic heterocycles. The second kappa shape index (κ2) is 2.73. The van der Waals surface area contributed by atoms with Crippen molar-refractivity contribution in [1.82, 2.24) is 10.2 Å². The van der Waals surface area contributed by atoms with E-state index >= 15 is 0 Å². The Bertz CT molecular complexity index is 171. The average Bonchev–Trinajstić information content (AvgIpc) is 1.83. The van der Waals surface area contributed by atoms with Crippen LogP contribution in [-0.2, 0) is 4.79 Å². The van der Waals surface area contributed by atoms with E-state index in [1.807, 2.05) is 4.90 Å². The van der Waals surface area contributed by atoms with Crippen molar-refractivity contribution in [2.75, 3.05) is 13.1 Å². The van der Waals surface area contributed by atoms with E-state index in [2.05, 4.69) is 33.0 Å². The molecular weight excluding hydrogens is 152 g/mol. The molecule has 0 atom stereocenters. The molecule has 12 heavy (non-hydrogen) atoms. The summed E-state index contributed by atoms with van der Waals surface area (Å²) in [5.74, 6) is 0. The highest BCUT2D eigenvalue weighted by atomic mass is 16.1. The molecule has 70 valence electrons. The summed E-state index contributed by atoms with van der Waals surface area (Å²) in [6.07, 6.45) is 0.959. The standard InChI is InChI=1S/C9H18N2O/c1-8(2)5-10-6-9(3,4)11(8)7-12/h7,10H,5-6H2,1-4H3. The van der Waals surface area contributed by atoms with E-state index in [0.29, 0.717) is 0 Å². The van der Waals surface area contributed by atoms with Gasteiger partial charge in [-0.15, -0.1) is 0 Å². The Hall–Kier alpha value is -0.570. The van der Waals surface area contributed by atoms with Gasteiger partial charge < -0.3 is 10.2 Å². The lowest BCUT2D eigenvalue weighted by atomic mass is 9.90. The lowest BCUT2D eigenvalue weighted by Crippen LogP contribution is -2.67. The highest BCUT2D eigenvalue weighted by Crippen LogP contribution is 2.25. The van der Waals surface area contributed by atoms with Crippen molar-refractivity contribution < 1.29 is 4.79 Å². The van der Waals surface area contributed by atoms with Gasteiger partial charge in [0.1, 0.15) is 0 Å². The second-order valence-electron chi connectivity index (χ2n) is 4.70. The molecule has 1 amide bonds. The fourth-order valence-electron chi connectivity index (χ4n) is 1.95. The molecule has 1 saturated heterocycles. The molecule has 1 fully saturated rings. The zero-order valence-electron chi connectivity index (χ0n) is 8.35. The average molecular weight is 170 g/mol. The van der Waals surface area contributed by atoms with Crippen molar-refractivity contribution >= 4 is 6.41 Å². The Morgan fingerprint density at radius 2 is 1.58 bits per heavy atom. The summed E-state index contributed by atoms with van der Waals surface area (Å²) in [4.78, 5) is 12.8. The molecule has 0 unspecified atom stereocenters. The van der Waals surface area contributed by atoms with Crippen LogP contribution in [-0.4, -0.2) is 35.5 Å². The molecule has 3 nitrogen and oxygen atoms in total. The molecular formula is C9H18N2O. The van der Waals surface area contributed by atoms with Crippen LogP contribution in [0.1, 0.15) is 27.7 Å². The maximum atomic E-state index is 10.9. The number of nitrogens with zero attached hydrogens (tertiary/aromatic N) is 1. The van der Waals surface area contributed by atoms with Crippen LogP contribution in [0, 0.1) is 0 Å². The Morgan fingerprint density at radius 3 is 1.83 bits per heavy atom. The lowest BCUT2D eigenvalue weighted by molar-refractivity contribution is -0.132. The Morgan fingerprint density at radius 1 is 1.17 bits per heavy atom. The van der Waals surface area contributed by atoms with Gasteiger partial charge in [-0.1, -0.05) is 0 Å². The zero-order valence-corrected chi connectivity index (χ0v) is 8.35. The second-order valence-corrected chi connectivity index (χ2v) is 4.70. The third-order valence-corrected chi connectivity index (χ3v) is 2.52. The summed E-state index contributed by atoms with van der Waals surface area (Å²) < 4.78 is 0. The number of piperazine rings is 1. The smallest absolute Gasteiger partial charge is 0.210 e. The maximum absolute atomic E-state index is 10.9. The van der Waals surface area contributed by atoms with E-state index in [1.165, 1.54) is 0 Å². The van der Waals surface area contributed by atoms with Gasteiger partial charge in [-0.2, -0.15) is 0 Å². The van der Waals surface area contributed by atoms with Crippen molar-refractivity contribution in [2.45, 2.75) is 38.8 Å². The summed E-state index contributed by atoms with van der Waals surface area (Å²) in [6.45, 7) is 10.1. The molecule has 1 N–H and O–H groups in total. The molecule has 0 aliphatic carbocycles. The third kappa shape index (κ3) is 1.46. The van der Waals surface area contributed by atoms with E-state index in [-0.39, 0.29) is 11.1 Å². The fourth-order valence-corrected chi connectivity index (χ4v) is 1.95. The molecule has 0 spiro atoms. The minimum absolute atomic E-state index is 0.0660. The highest BCUT2D eigenvalue weighted by Gasteiger charge is 2.39. The summed E-state index contributed by atoms with van der Waals surface area (Å²) in [5, 5.41) is 3.33. The molecule has 0 bridgehead atoms. The molecule has 1 aliphatic heterocycles. The number of rotatable bonds is 1. The van der Waals surface area contributed by atoms with Crippen LogP contribution in [0.2, 0.25) is 0 Å². The van der Waals surface area contributed by atoms with Crippen LogP contribution in [0.5, 0.6) is 0 Å². The number of nitrogens with one attached hydrogen (secondary N) is 1. The lowest BCUT2D eigenvalue weighted by Gasteiger charge is -2.51. The van der Waals surface area contributed by atoms with Crippen molar-refractivity contribution in [1.29, 1.82) is 0 Å². The quantitative estimate of drug-likeness (QED) is 0.585. The molecule has 0 radical (unpaired) electrons. The van der Waals surface area contributed by atoms with E-state index in [0.717, 1.165) is 19.5 Å². The summed E-state index contributed by atoms with van der Waals surface area (Å²) in [6, 6.07) is 0. The number of carbonyl (C=O) groups is 1. The topological polar surface area (TPSA) is 32.3 Å². The SMILES string of the molecule is CC1(C)CNCC(C)(C)N1C=O. The van der Waals surface area contributed by atoms with Crippen LogP contribution in [0.25, 0.3) is 0 Å². The number of hydrogen-bond donors (Lipinski definition) is 1. The number of carbonyl (C=O) groups excluding carboxylic acids is 1. The van der Waals surface area contributed by atoms with Gasteiger partial charge >= 0.3 is 0 Å². The van der Waals surface area contributed by atoms with Gasteiger partial charge in [-0.25, -0.2) is 0 Å². The molecule has 3 heteroatoms. The van der Waals surface area contributed by atoms with Gasteiger partial charge in [-0.3, -0.25) is 4.79 Å². The molecule has 0 saturated carbocycles. The van der Waals surface area contributed by atoms with Gasteiger partial charge in [0.15, 0.2) is 0 Å². The summed E-state index contributed by atoms with van der Waals surface area (Å²) in [5.41, 5.74) is -0.132. The predicted molar refractivity (Wildman–Crippen MR) is 48.9 cm³/mol. The van der Waals surface area contributed by atoms with Crippen LogP contribution in [0.3, 0.4) is 0 Å². The van der Waals surface area contributed by atoms with E-state index in [4.69, 9.17) is 0 Å². The minimum atomic E-state index is -0.0660. The largest absolute Gasteiger partial charge is 0.332 e. The van der Waals surface area contributed by atoms with Crippen LogP contribution >= 0.6 is 0 Å². The van der Waals surface area contributed by atoms with Crippen molar-refractivity contribution in [3.05, 3.63) is 0 Å². The van der Waals surface area contributed by atoms with Crippen LogP contribution in [0.4, 0.5) is 0 Å². The van der Waals surface area contributed by atoms with Gasteiger partial charge in [0.25, 0.3) is 0 Å². The van der Waals surface area contributed by atoms with E-state index in [9.17, 15) is 4.79 Å². The van der Waals surface area contributed by atoms with Crippen molar-refractivity contribution in [3.8, 4) is 0 Å². The fraction of sp³-hybridized carbons (Fsp3) is 0.889. The highest BCUT2D eigenvalue weighted by molar-refractivity contribution is 5.51. The first-order valence-corrected chi connectivity index (χ1v) is 4.36. The maximum Gasteiger partial charge on any atom is 0.210 e. The summed E-state index contributed by atoms with van der Waals surface area (Å²) >= 11 is 0. The van der Waals surface area contributed by atoms with Crippen LogP contribution < -0.4 is 5.32 Å². The van der Waals surface area contributed by atoms with E-state index in [1.54, 1.807) is 0 Å². The monoisotopic (exact) mass is 170 g/mol. The minimum Gasteiger partial charge on any atom is -0.332 e. The molecule has 1 aliphatic rings. The molecule has 1 rings (SSSR count). The predicted octanol–water partition coefficient (Wildman–Crippen LogP) is 0.605. The third-order valence-electron chi connectivity index (χ3n) is 2.52. The number of hydrogen-bond acceptors (Lipinski definition) is 2. The first kappa shape index (κ1) is 9.52. The van der Waals surface area contributed by atoms with E-state index < -0.39 is 0 Å². The number of amides is 1. The normalized spacial score (nSPS) is 26.8. The zero-order chi connectivity index (χ0) is 9.41. The van der Waals surface area contributed by atoms with Gasteiger partial charge in [-0.05, 0) is 27.7 Å². The Balaban J connectivity index is 2.88. The first-order valence-electron chi connectivity index (χ1n) is 4.36. The van der Waals surface area contributed by atoms with Gasteiger partial charge in [0, 0.05) is 13.1 Å². The Labute approximate surface area is 74.1 Å². The van der Waals surface area contributed by atoms with Crippen molar-refractivity contribution in [3.63, 3.8) is 0 Å². The van der Waals surface area contributed by atoms with Gasteiger partial charge in [0.05, 0.1) is 11.1 Å².